The van der Waals surface area contributed by atoms with E-state index in [1.54, 1.807) is 23.0 Å². The van der Waals surface area contributed by atoms with Gasteiger partial charge in [-0.2, -0.15) is 5.10 Å². The molecular formula is C19H21BFN3O2. The smallest absolute Gasteiger partial charge is 0.398 e. The minimum absolute atomic E-state index is 0.260. The van der Waals surface area contributed by atoms with Gasteiger partial charge in [0, 0.05) is 17.1 Å². The first-order valence-electron chi connectivity index (χ1n) is 8.69. The van der Waals surface area contributed by atoms with Crippen molar-refractivity contribution in [3.63, 3.8) is 0 Å². The van der Waals surface area contributed by atoms with Crippen molar-refractivity contribution in [3.8, 4) is 0 Å². The summed E-state index contributed by atoms with van der Waals surface area (Å²) in [5.74, 6) is -0.260. The molecule has 7 heteroatoms. The number of hydrogen-bond acceptors (Lipinski definition) is 4. The first-order valence-corrected chi connectivity index (χ1v) is 8.69. The van der Waals surface area contributed by atoms with Crippen molar-refractivity contribution >= 4 is 23.7 Å². The molecule has 3 heterocycles. The van der Waals surface area contributed by atoms with Gasteiger partial charge in [0.2, 0.25) is 0 Å². The van der Waals surface area contributed by atoms with E-state index >= 15 is 0 Å². The Balaban J connectivity index is 1.77. The first kappa shape index (κ1) is 17.2. The number of hydrogen-bond donors (Lipinski definition) is 0. The number of nitrogens with zero attached hydrogens (tertiary/aromatic N) is 3. The van der Waals surface area contributed by atoms with Gasteiger partial charge < -0.3 is 9.31 Å². The van der Waals surface area contributed by atoms with Gasteiger partial charge in [0.25, 0.3) is 0 Å². The molecule has 1 aromatic carbocycles. The Bertz CT molecular complexity index is 954. The predicted octanol–water partition coefficient (Wildman–Crippen LogP) is 2.92. The van der Waals surface area contributed by atoms with Crippen LogP contribution in [-0.4, -0.2) is 33.1 Å². The van der Waals surface area contributed by atoms with E-state index in [0.29, 0.717) is 23.3 Å². The molecule has 5 nitrogen and oxygen atoms in total. The maximum Gasteiger partial charge on any atom is 0.517 e. The van der Waals surface area contributed by atoms with Crippen molar-refractivity contribution < 1.29 is 13.7 Å². The molecule has 0 saturated carbocycles. The van der Waals surface area contributed by atoms with E-state index in [0.717, 1.165) is 5.39 Å². The molecule has 3 aromatic rings. The molecule has 0 spiro atoms. The summed E-state index contributed by atoms with van der Waals surface area (Å²) in [5.41, 5.74) is 0.995. The topological polar surface area (TPSA) is 49.2 Å². The van der Waals surface area contributed by atoms with E-state index in [1.807, 2.05) is 45.9 Å². The molecule has 0 radical (unpaired) electrons. The number of pyridine rings is 1. The lowest BCUT2D eigenvalue weighted by atomic mass is 9.83. The molecule has 1 aliphatic heterocycles. The zero-order valence-corrected chi connectivity index (χ0v) is 15.4. The van der Waals surface area contributed by atoms with Gasteiger partial charge >= 0.3 is 7.12 Å². The summed E-state index contributed by atoms with van der Waals surface area (Å²) >= 11 is 0. The third-order valence-electron chi connectivity index (χ3n) is 5.29. The van der Waals surface area contributed by atoms with E-state index in [2.05, 4.69) is 10.1 Å². The van der Waals surface area contributed by atoms with Crippen LogP contribution in [0.4, 0.5) is 4.39 Å². The van der Waals surface area contributed by atoms with E-state index < -0.39 is 18.3 Å². The van der Waals surface area contributed by atoms with Crippen molar-refractivity contribution in [2.45, 2.75) is 45.4 Å². The zero-order chi connectivity index (χ0) is 18.5. The molecule has 134 valence electrons. The second-order valence-electron chi connectivity index (χ2n) is 7.60. The molecular weight excluding hydrogens is 332 g/mol. The normalized spacial score (nSPS) is 18.6. The number of benzene rings is 1. The zero-order valence-electron chi connectivity index (χ0n) is 15.4. The van der Waals surface area contributed by atoms with E-state index in [-0.39, 0.29) is 5.82 Å². The molecule has 0 atom stereocenters. The maximum atomic E-state index is 14.1. The first-order chi connectivity index (χ1) is 12.3. The van der Waals surface area contributed by atoms with Crippen LogP contribution < -0.4 is 5.59 Å². The summed E-state index contributed by atoms with van der Waals surface area (Å²) in [6.07, 6.45) is 1.70. The highest BCUT2D eigenvalue weighted by atomic mass is 19.1. The van der Waals surface area contributed by atoms with Gasteiger partial charge in [0.15, 0.2) is 5.65 Å². The molecule has 4 rings (SSSR count). The Kier molecular flexibility index (Phi) is 3.89. The molecule has 1 aliphatic rings. The van der Waals surface area contributed by atoms with Crippen molar-refractivity contribution in [3.05, 3.63) is 54.0 Å². The molecule has 0 aliphatic carbocycles. The Hall–Kier alpha value is -2.25. The van der Waals surface area contributed by atoms with Gasteiger partial charge in [-0.15, -0.1) is 0 Å². The second-order valence-corrected chi connectivity index (χ2v) is 7.60. The number of halogens is 1. The highest BCUT2D eigenvalue weighted by Gasteiger charge is 2.53. The predicted molar refractivity (Wildman–Crippen MR) is 98.7 cm³/mol. The minimum atomic E-state index is -0.589. The molecule has 0 N–H and O–H groups in total. The van der Waals surface area contributed by atoms with Crippen LogP contribution in [0.5, 0.6) is 0 Å². The van der Waals surface area contributed by atoms with Crippen LogP contribution in [0.1, 0.15) is 33.3 Å². The summed E-state index contributed by atoms with van der Waals surface area (Å²) in [6, 6.07) is 10.5. The van der Waals surface area contributed by atoms with Gasteiger partial charge in [-0.05, 0) is 45.9 Å². The van der Waals surface area contributed by atoms with Gasteiger partial charge in [0.1, 0.15) is 11.4 Å². The molecule has 26 heavy (non-hydrogen) atoms. The lowest BCUT2D eigenvalue weighted by Crippen LogP contribution is -2.41. The van der Waals surface area contributed by atoms with Crippen molar-refractivity contribution in [1.29, 1.82) is 0 Å². The SMILES string of the molecule is CC1(C)OB(c2nn(Cc3ccccc3F)c3ncccc23)OC1(C)C. The highest BCUT2D eigenvalue weighted by molar-refractivity contribution is 6.64. The van der Waals surface area contributed by atoms with Crippen LogP contribution in [0.25, 0.3) is 11.0 Å². The summed E-state index contributed by atoms with van der Waals surface area (Å²) in [4.78, 5) is 4.44. The third-order valence-corrected chi connectivity index (χ3v) is 5.29. The second kappa shape index (κ2) is 5.89. The van der Waals surface area contributed by atoms with Crippen molar-refractivity contribution in [1.82, 2.24) is 14.8 Å². The van der Waals surface area contributed by atoms with Crippen LogP contribution in [0.2, 0.25) is 0 Å². The molecule has 0 unspecified atom stereocenters. The van der Waals surface area contributed by atoms with Gasteiger partial charge in [-0.1, -0.05) is 18.2 Å². The number of fused-ring (bicyclic) bond motifs is 1. The summed E-state index contributed by atoms with van der Waals surface area (Å²) in [5, 5.41) is 5.53. The Labute approximate surface area is 152 Å². The van der Waals surface area contributed by atoms with Crippen LogP contribution in [0, 0.1) is 5.82 Å². The Morgan fingerprint density at radius 1 is 1.04 bits per heavy atom. The van der Waals surface area contributed by atoms with Crippen molar-refractivity contribution in [2.75, 3.05) is 0 Å². The fourth-order valence-corrected chi connectivity index (χ4v) is 3.06. The molecule has 2 aromatic heterocycles. The molecule has 1 fully saturated rings. The fraction of sp³-hybridized carbons (Fsp3) is 0.368. The van der Waals surface area contributed by atoms with Crippen LogP contribution in [0.15, 0.2) is 42.6 Å². The van der Waals surface area contributed by atoms with Gasteiger partial charge in [0.05, 0.1) is 17.7 Å². The number of rotatable bonds is 3. The summed E-state index contributed by atoms with van der Waals surface area (Å²) in [7, 11) is -0.589. The fourth-order valence-electron chi connectivity index (χ4n) is 3.06. The van der Waals surface area contributed by atoms with Crippen LogP contribution >= 0.6 is 0 Å². The number of aromatic nitrogens is 3. The Morgan fingerprint density at radius 3 is 2.42 bits per heavy atom. The van der Waals surface area contributed by atoms with E-state index in [4.69, 9.17) is 9.31 Å². The van der Waals surface area contributed by atoms with E-state index in [9.17, 15) is 4.39 Å². The van der Waals surface area contributed by atoms with E-state index in [1.165, 1.54) is 6.07 Å². The summed E-state index contributed by atoms with van der Waals surface area (Å²) in [6.45, 7) is 8.31. The largest absolute Gasteiger partial charge is 0.517 e. The quantitative estimate of drug-likeness (QED) is 0.680. The summed E-state index contributed by atoms with van der Waals surface area (Å²) < 4.78 is 28.1. The monoisotopic (exact) mass is 353 g/mol. The highest BCUT2D eigenvalue weighted by Crippen LogP contribution is 2.36. The average Bonchev–Trinajstić information content (AvgIpc) is 3.04. The van der Waals surface area contributed by atoms with Crippen LogP contribution in [0.3, 0.4) is 0 Å². The molecule has 1 saturated heterocycles. The minimum Gasteiger partial charge on any atom is -0.398 e. The third kappa shape index (κ3) is 2.71. The standard InChI is InChI=1S/C19H21BFN3O2/c1-18(2)19(3,4)26-20(25-18)16-14-9-7-11-22-17(14)24(23-16)12-13-8-5-6-10-15(13)21/h5-11H,12H2,1-4H3. The molecule has 0 amide bonds. The Morgan fingerprint density at radius 2 is 1.73 bits per heavy atom. The van der Waals surface area contributed by atoms with Gasteiger partial charge in [-0.25, -0.2) is 14.1 Å². The van der Waals surface area contributed by atoms with Crippen molar-refractivity contribution in [2.24, 2.45) is 0 Å². The van der Waals surface area contributed by atoms with Gasteiger partial charge in [-0.3, -0.25) is 0 Å². The lowest BCUT2D eigenvalue weighted by molar-refractivity contribution is 0.00578. The molecule has 0 bridgehead atoms. The van der Waals surface area contributed by atoms with Crippen LogP contribution in [-0.2, 0) is 15.9 Å². The maximum absolute atomic E-state index is 14.1. The lowest BCUT2D eigenvalue weighted by Gasteiger charge is -2.32. The average molecular weight is 353 g/mol.